The summed E-state index contributed by atoms with van der Waals surface area (Å²) >= 11 is 0. The van der Waals surface area contributed by atoms with E-state index in [1.165, 1.54) is 5.56 Å². The summed E-state index contributed by atoms with van der Waals surface area (Å²) in [5.74, 6) is 0. The lowest BCUT2D eigenvalue weighted by Crippen LogP contribution is -2.01. The Bertz CT molecular complexity index is 262. The van der Waals surface area contributed by atoms with Crippen molar-refractivity contribution in [2.75, 3.05) is 0 Å². The maximum absolute atomic E-state index is 2.25. The van der Waals surface area contributed by atoms with E-state index in [4.69, 9.17) is 0 Å². The molecule has 0 radical (unpaired) electrons. The van der Waals surface area contributed by atoms with Gasteiger partial charge in [-0.15, -0.1) is 0 Å². The molecule has 0 fully saturated rings. The van der Waals surface area contributed by atoms with E-state index in [0.29, 0.717) is 5.41 Å². The zero-order chi connectivity index (χ0) is 9.73. The van der Waals surface area contributed by atoms with Gasteiger partial charge < -0.3 is 0 Å². The molecule has 0 nitrogen and oxygen atoms in total. The molecule has 1 aromatic carbocycles. The van der Waals surface area contributed by atoms with Crippen LogP contribution >= 0.6 is 0 Å². The van der Waals surface area contributed by atoms with Crippen LogP contribution in [0.3, 0.4) is 0 Å². The molecule has 0 heterocycles. The van der Waals surface area contributed by atoms with Gasteiger partial charge in [0.25, 0.3) is 0 Å². The minimum absolute atomic E-state index is 0.394. The van der Waals surface area contributed by atoms with Gasteiger partial charge in [-0.3, -0.25) is 0 Å². The van der Waals surface area contributed by atoms with Crippen molar-refractivity contribution >= 4 is 6.08 Å². The third kappa shape index (κ3) is 4.51. The maximum atomic E-state index is 2.25. The molecule has 0 spiro atoms. The molecule has 0 aliphatic carbocycles. The first-order valence-corrected chi connectivity index (χ1v) is 4.79. The highest BCUT2D eigenvalue weighted by Crippen LogP contribution is 2.19. The molecule has 0 aliphatic heterocycles. The molecule has 0 heteroatoms. The fourth-order valence-electron chi connectivity index (χ4n) is 1.11. The Balaban J connectivity index is 2.51. The number of allylic oxidation sites excluding steroid dienone is 1. The van der Waals surface area contributed by atoms with Crippen LogP contribution < -0.4 is 0 Å². The molecular formula is C13H18. The van der Waals surface area contributed by atoms with Gasteiger partial charge in [0.15, 0.2) is 0 Å². The molecule has 0 unspecified atom stereocenters. The predicted molar refractivity (Wildman–Crippen MR) is 59.5 cm³/mol. The van der Waals surface area contributed by atoms with Crippen LogP contribution in [-0.4, -0.2) is 0 Å². The summed E-state index contributed by atoms with van der Waals surface area (Å²) in [5.41, 5.74) is 1.68. The van der Waals surface area contributed by atoms with Crippen LogP contribution in [0.25, 0.3) is 6.08 Å². The largest absolute Gasteiger partial charge is 0.0834 e. The van der Waals surface area contributed by atoms with E-state index in [1.54, 1.807) is 0 Å². The van der Waals surface area contributed by atoms with Crippen molar-refractivity contribution in [1.29, 1.82) is 0 Å². The van der Waals surface area contributed by atoms with Crippen molar-refractivity contribution in [2.24, 2.45) is 5.41 Å². The molecule has 0 aliphatic rings. The predicted octanol–water partition coefficient (Wildman–Crippen LogP) is 4.14. The lowest BCUT2D eigenvalue weighted by Gasteiger charge is -2.14. The van der Waals surface area contributed by atoms with E-state index in [0.717, 1.165) is 6.42 Å². The number of rotatable bonds is 2. The van der Waals surface area contributed by atoms with E-state index in [9.17, 15) is 0 Å². The van der Waals surface area contributed by atoms with Gasteiger partial charge in [-0.2, -0.15) is 0 Å². The van der Waals surface area contributed by atoms with E-state index < -0.39 is 0 Å². The highest BCUT2D eigenvalue weighted by molar-refractivity contribution is 5.48. The quantitative estimate of drug-likeness (QED) is 0.632. The van der Waals surface area contributed by atoms with Crippen molar-refractivity contribution in [3.63, 3.8) is 0 Å². The van der Waals surface area contributed by atoms with Crippen molar-refractivity contribution < 1.29 is 0 Å². The molecule has 1 aromatic rings. The standard InChI is InChI=1S/C13H18/c1-13(2,3)11-7-10-12-8-5-4-6-9-12/h4-10H,11H2,1-3H3/b10-7-. The van der Waals surface area contributed by atoms with E-state index in [2.05, 4.69) is 57.2 Å². The van der Waals surface area contributed by atoms with E-state index >= 15 is 0 Å². The summed E-state index contributed by atoms with van der Waals surface area (Å²) < 4.78 is 0. The van der Waals surface area contributed by atoms with Crippen molar-refractivity contribution in [3.8, 4) is 0 Å². The van der Waals surface area contributed by atoms with Crippen LogP contribution in [0.4, 0.5) is 0 Å². The second-order valence-corrected chi connectivity index (χ2v) is 4.58. The molecule has 0 saturated heterocycles. The number of hydrogen-bond acceptors (Lipinski definition) is 0. The molecule has 1 rings (SSSR count). The number of benzene rings is 1. The Morgan fingerprint density at radius 1 is 1.08 bits per heavy atom. The Hall–Kier alpha value is -1.04. The summed E-state index contributed by atoms with van der Waals surface area (Å²) in [6.45, 7) is 6.76. The first-order valence-electron chi connectivity index (χ1n) is 4.79. The number of hydrogen-bond donors (Lipinski definition) is 0. The van der Waals surface area contributed by atoms with Crippen LogP contribution in [-0.2, 0) is 0 Å². The Morgan fingerprint density at radius 3 is 2.23 bits per heavy atom. The lowest BCUT2D eigenvalue weighted by molar-refractivity contribution is 0.421. The van der Waals surface area contributed by atoms with Crippen LogP contribution in [0.1, 0.15) is 32.8 Å². The monoisotopic (exact) mass is 174 g/mol. The van der Waals surface area contributed by atoms with Crippen LogP contribution in [0.15, 0.2) is 36.4 Å². The summed E-state index contributed by atoms with van der Waals surface area (Å²) in [6.07, 6.45) is 5.56. The SMILES string of the molecule is CC(C)(C)C/C=C\c1ccccc1. The average molecular weight is 174 g/mol. The van der Waals surface area contributed by atoms with Gasteiger partial charge in [0.05, 0.1) is 0 Å². The highest BCUT2D eigenvalue weighted by atomic mass is 14.1. The fourth-order valence-corrected chi connectivity index (χ4v) is 1.11. The molecule has 0 saturated carbocycles. The maximum Gasteiger partial charge on any atom is -0.0260 e. The van der Waals surface area contributed by atoms with Gasteiger partial charge in [-0.05, 0) is 17.4 Å². The van der Waals surface area contributed by atoms with E-state index in [-0.39, 0.29) is 0 Å². The Kier molecular flexibility index (Phi) is 3.30. The summed E-state index contributed by atoms with van der Waals surface area (Å²) in [6, 6.07) is 10.4. The first kappa shape index (κ1) is 10.0. The summed E-state index contributed by atoms with van der Waals surface area (Å²) in [5, 5.41) is 0. The second-order valence-electron chi connectivity index (χ2n) is 4.58. The zero-order valence-electron chi connectivity index (χ0n) is 8.75. The average Bonchev–Trinajstić information content (AvgIpc) is 2.04. The Morgan fingerprint density at radius 2 is 1.69 bits per heavy atom. The van der Waals surface area contributed by atoms with E-state index in [1.807, 2.05) is 6.07 Å². The van der Waals surface area contributed by atoms with Crippen molar-refractivity contribution in [2.45, 2.75) is 27.2 Å². The normalized spacial score (nSPS) is 12.2. The molecule has 0 aromatic heterocycles. The van der Waals surface area contributed by atoms with Gasteiger partial charge in [0.2, 0.25) is 0 Å². The van der Waals surface area contributed by atoms with Gasteiger partial charge in [-0.1, -0.05) is 63.3 Å². The molecule has 0 N–H and O–H groups in total. The summed E-state index contributed by atoms with van der Waals surface area (Å²) in [4.78, 5) is 0. The van der Waals surface area contributed by atoms with Gasteiger partial charge in [-0.25, -0.2) is 0 Å². The van der Waals surface area contributed by atoms with Crippen LogP contribution in [0, 0.1) is 5.41 Å². The molecule has 70 valence electrons. The smallest absolute Gasteiger partial charge is 0.0260 e. The molecule has 0 bridgehead atoms. The van der Waals surface area contributed by atoms with Gasteiger partial charge in [0.1, 0.15) is 0 Å². The summed E-state index contributed by atoms with van der Waals surface area (Å²) in [7, 11) is 0. The minimum atomic E-state index is 0.394. The lowest BCUT2D eigenvalue weighted by atomic mass is 9.92. The van der Waals surface area contributed by atoms with Gasteiger partial charge >= 0.3 is 0 Å². The van der Waals surface area contributed by atoms with Gasteiger partial charge in [0, 0.05) is 0 Å². The molecular weight excluding hydrogens is 156 g/mol. The second kappa shape index (κ2) is 4.27. The first-order chi connectivity index (χ1) is 6.08. The van der Waals surface area contributed by atoms with Crippen molar-refractivity contribution in [3.05, 3.63) is 42.0 Å². The third-order valence-corrected chi connectivity index (χ3v) is 1.84. The fraction of sp³-hybridized carbons (Fsp3) is 0.385. The highest BCUT2D eigenvalue weighted by Gasteiger charge is 2.05. The molecule has 13 heavy (non-hydrogen) atoms. The van der Waals surface area contributed by atoms with Crippen LogP contribution in [0.2, 0.25) is 0 Å². The molecule has 0 amide bonds. The zero-order valence-corrected chi connectivity index (χ0v) is 8.75. The van der Waals surface area contributed by atoms with Crippen LogP contribution in [0.5, 0.6) is 0 Å². The van der Waals surface area contributed by atoms with Crippen molar-refractivity contribution in [1.82, 2.24) is 0 Å². The Labute approximate surface area is 81.3 Å². The third-order valence-electron chi connectivity index (χ3n) is 1.84. The topological polar surface area (TPSA) is 0 Å². The molecule has 0 atom stereocenters. The minimum Gasteiger partial charge on any atom is -0.0834 e.